The van der Waals surface area contributed by atoms with Crippen molar-refractivity contribution in [1.29, 1.82) is 0 Å². The van der Waals surface area contributed by atoms with Crippen molar-refractivity contribution in [3.63, 3.8) is 0 Å². The Kier molecular flexibility index (Phi) is 7.69. The smallest absolute Gasteiger partial charge is 0.410 e. The number of hydrogen-bond donors (Lipinski definition) is 2. The average Bonchev–Trinajstić information content (AvgIpc) is 3.89. The number of benzene rings is 1. The zero-order valence-corrected chi connectivity index (χ0v) is 25.0. The maximum Gasteiger partial charge on any atom is 0.410 e. The largest absolute Gasteiger partial charge is 0.497 e. The number of allylic oxidation sites excluding steroid dienone is 1. The molecule has 4 aliphatic rings. The molecule has 0 radical (unpaired) electrons. The van der Waals surface area contributed by atoms with Gasteiger partial charge in [-0.1, -0.05) is 12.2 Å². The van der Waals surface area contributed by atoms with Crippen molar-refractivity contribution in [1.82, 2.24) is 19.9 Å². The van der Waals surface area contributed by atoms with Gasteiger partial charge >= 0.3 is 6.09 Å². The fourth-order valence-electron chi connectivity index (χ4n) is 5.87. The second-order valence-corrected chi connectivity index (χ2v) is 13.7. The van der Waals surface area contributed by atoms with E-state index in [1.54, 1.807) is 7.11 Å². The van der Waals surface area contributed by atoms with E-state index in [2.05, 4.69) is 15.0 Å². The van der Waals surface area contributed by atoms with Gasteiger partial charge < -0.3 is 19.5 Å². The van der Waals surface area contributed by atoms with E-state index in [1.807, 2.05) is 43.3 Å². The van der Waals surface area contributed by atoms with Crippen LogP contribution in [0.4, 0.5) is 4.79 Å². The number of pyridine rings is 1. The van der Waals surface area contributed by atoms with Crippen LogP contribution in [0.2, 0.25) is 0 Å². The van der Waals surface area contributed by atoms with Crippen molar-refractivity contribution in [3.05, 3.63) is 42.1 Å². The molecule has 0 unspecified atom stereocenters. The van der Waals surface area contributed by atoms with Gasteiger partial charge in [-0.05, 0) is 75.1 Å². The molecule has 1 aromatic carbocycles. The van der Waals surface area contributed by atoms with Gasteiger partial charge in [0.2, 0.25) is 21.8 Å². The number of rotatable bonds is 6. The number of aryl methyl sites for hydroxylation is 1. The van der Waals surface area contributed by atoms with Gasteiger partial charge in [-0.3, -0.25) is 19.2 Å². The van der Waals surface area contributed by atoms with E-state index in [1.165, 1.54) is 4.90 Å². The fraction of sp³-hybridized carbons (Fsp3) is 0.533. The summed E-state index contributed by atoms with van der Waals surface area (Å²) in [7, 11) is -2.22. The Hall–Kier alpha value is -3.87. The van der Waals surface area contributed by atoms with Crippen LogP contribution in [0.25, 0.3) is 10.8 Å². The summed E-state index contributed by atoms with van der Waals surface area (Å²) in [6.45, 7) is 2.13. The maximum absolute atomic E-state index is 13.8. The first-order valence-corrected chi connectivity index (χ1v) is 16.2. The fourth-order valence-corrected chi connectivity index (χ4v) is 7.24. The predicted octanol–water partition coefficient (Wildman–Crippen LogP) is 2.73. The lowest BCUT2D eigenvalue weighted by atomic mass is 10.1. The standard InChI is InChI=1S/C30H36N4O8S/c1-18-13-19-14-21(40-2)8-11-24(19)27(31-18)42-22-15-25-26(35)32-30(28(36)33-43(38,39)23-9-10-23)16-20(30)7-5-3-4-6-12-41-29(37)34(25)17-22/h5,7-8,11,13-14,20,22-23,25H,3-4,6,9-10,12,15-17H2,1-2H3,(H,32,35)(H,33,36)/b7-5-/t20-,22-,25+,30-/m1/s1. The Balaban J connectivity index is 1.26. The van der Waals surface area contributed by atoms with E-state index in [4.69, 9.17) is 14.2 Å². The highest BCUT2D eigenvalue weighted by atomic mass is 32.2. The third-order valence-electron chi connectivity index (χ3n) is 8.53. The molecule has 1 saturated heterocycles. The molecule has 1 aromatic heterocycles. The minimum Gasteiger partial charge on any atom is -0.497 e. The van der Waals surface area contributed by atoms with Crippen LogP contribution in [0.15, 0.2) is 36.4 Å². The van der Waals surface area contributed by atoms with Crippen molar-refractivity contribution in [2.75, 3.05) is 20.3 Å². The van der Waals surface area contributed by atoms with Crippen LogP contribution >= 0.6 is 0 Å². The summed E-state index contributed by atoms with van der Waals surface area (Å²) in [5, 5.41) is 3.88. The molecular formula is C30H36N4O8S. The zero-order chi connectivity index (χ0) is 30.4. The molecule has 12 nitrogen and oxygen atoms in total. The van der Waals surface area contributed by atoms with Crippen molar-refractivity contribution >= 4 is 38.7 Å². The SMILES string of the molecule is COc1ccc2c(O[C@@H]3C[C@H]4C(=O)N[C@]5(C(=O)NS(=O)(=O)C6CC6)C[C@H]5/C=C\CCCCOC(=O)N4C3)nc(C)cc2c1. The normalized spacial score (nSPS) is 28.5. The molecule has 230 valence electrons. The summed E-state index contributed by atoms with van der Waals surface area (Å²) in [5.41, 5.74) is -0.687. The number of carbonyl (C=O) groups is 3. The van der Waals surface area contributed by atoms with Gasteiger partial charge in [-0.2, -0.15) is 0 Å². The molecule has 13 heteroatoms. The predicted molar refractivity (Wildman–Crippen MR) is 156 cm³/mol. The van der Waals surface area contributed by atoms with Crippen LogP contribution in [0.5, 0.6) is 11.6 Å². The molecule has 3 heterocycles. The molecule has 2 aliphatic carbocycles. The first kappa shape index (κ1) is 29.2. The average molecular weight is 613 g/mol. The third kappa shape index (κ3) is 5.99. The van der Waals surface area contributed by atoms with Crippen LogP contribution in [0, 0.1) is 12.8 Å². The number of carbonyl (C=O) groups excluding carboxylic acids is 3. The molecule has 2 N–H and O–H groups in total. The number of sulfonamides is 1. The second-order valence-electron chi connectivity index (χ2n) is 11.8. The number of aromatic nitrogens is 1. The van der Waals surface area contributed by atoms with Crippen molar-refractivity contribution in [3.8, 4) is 11.6 Å². The molecule has 3 amide bonds. The van der Waals surface area contributed by atoms with Crippen molar-refractivity contribution in [2.45, 2.75) is 74.8 Å². The molecule has 6 rings (SSSR count). The molecule has 3 fully saturated rings. The van der Waals surface area contributed by atoms with Crippen molar-refractivity contribution < 1.29 is 37.0 Å². The molecular weight excluding hydrogens is 576 g/mol. The van der Waals surface area contributed by atoms with E-state index in [9.17, 15) is 22.8 Å². The van der Waals surface area contributed by atoms with E-state index >= 15 is 0 Å². The maximum atomic E-state index is 13.8. The zero-order valence-electron chi connectivity index (χ0n) is 24.2. The van der Waals surface area contributed by atoms with Gasteiger partial charge in [0, 0.05) is 23.4 Å². The summed E-state index contributed by atoms with van der Waals surface area (Å²) in [6.07, 6.45) is 6.07. The Labute approximate surface area is 250 Å². The van der Waals surface area contributed by atoms with Gasteiger partial charge in [0.25, 0.3) is 5.91 Å². The number of fused-ring (bicyclic) bond motifs is 3. The Bertz CT molecular complexity index is 1590. The molecule has 4 atom stereocenters. The number of cyclic esters (lactones) is 1. The van der Waals surface area contributed by atoms with Gasteiger partial charge in [0.15, 0.2) is 0 Å². The third-order valence-corrected chi connectivity index (χ3v) is 10.4. The number of ether oxygens (including phenoxy) is 3. The lowest BCUT2D eigenvalue weighted by Gasteiger charge is -2.26. The minimum absolute atomic E-state index is 0.0722. The first-order valence-electron chi connectivity index (χ1n) is 14.7. The summed E-state index contributed by atoms with van der Waals surface area (Å²) >= 11 is 0. The first-order chi connectivity index (χ1) is 20.6. The van der Waals surface area contributed by atoms with Crippen LogP contribution < -0.4 is 19.5 Å². The number of nitrogens with zero attached hydrogens (tertiary/aromatic N) is 2. The van der Waals surface area contributed by atoms with E-state index in [-0.39, 0.29) is 31.9 Å². The molecule has 43 heavy (non-hydrogen) atoms. The second kappa shape index (κ2) is 11.3. The quantitative estimate of drug-likeness (QED) is 0.469. The monoisotopic (exact) mass is 612 g/mol. The van der Waals surface area contributed by atoms with Gasteiger partial charge in [0.05, 0.1) is 25.5 Å². The van der Waals surface area contributed by atoms with Crippen LogP contribution in [0.3, 0.4) is 0 Å². The highest BCUT2D eigenvalue weighted by molar-refractivity contribution is 7.91. The van der Waals surface area contributed by atoms with E-state index in [0.717, 1.165) is 22.9 Å². The van der Waals surface area contributed by atoms with E-state index < -0.39 is 50.9 Å². The number of amides is 3. The highest BCUT2D eigenvalue weighted by Gasteiger charge is 2.62. The molecule has 2 aliphatic heterocycles. The molecule has 2 aromatic rings. The van der Waals surface area contributed by atoms with Gasteiger partial charge in [0.1, 0.15) is 23.4 Å². The molecule has 0 bridgehead atoms. The Morgan fingerprint density at radius 2 is 2.02 bits per heavy atom. The topological polar surface area (TPSA) is 153 Å². The van der Waals surface area contributed by atoms with Gasteiger partial charge in [-0.25, -0.2) is 18.2 Å². The van der Waals surface area contributed by atoms with Gasteiger partial charge in [-0.15, -0.1) is 0 Å². The summed E-state index contributed by atoms with van der Waals surface area (Å²) < 4.78 is 44.6. The van der Waals surface area contributed by atoms with Crippen molar-refractivity contribution in [2.24, 2.45) is 5.92 Å². The minimum atomic E-state index is -3.82. The van der Waals surface area contributed by atoms with Crippen LogP contribution in [-0.2, 0) is 24.3 Å². The lowest BCUT2D eigenvalue weighted by Crippen LogP contribution is -2.56. The summed E-state index contributed by atoms with van der Waals surface area (Å²) in [6, 6.07) is 6.46. The summed E-state index contributed by atoms with van der Waals surface area (Å²) in [5.74, 6) is -0.614. The summed E-state index contributed by atoms with van der Waals surface area (Å²) in [4.78, 5) is 46.3. The number of hydrogen-bond acceptors (Lipinski definition) is 9. The van der Waals surface area contributed by atoms with Crippen LogP contribution in [0.1, 0.15) is 50.6 Å². The Morgan fingerprint density at radius 1 is 1.21 bits per heavy atom. The number of nitrogens with one attached hydrogen (secondary N) is 2. The molecule has 2 saturated carbocycles. The number of methoxy groups -OCH3 is 1. The highest BCUT2D eigenvalue weighted by Crippen LogP contribution is 2.46. The van der Waals surface area contributed by atoms with Crippen LogP contribution in [-0.4, -0.2) is 79.4 Å². The lowest BCUT2D eigenvalue weighted by molar-refractivity contribution is -0.131. The Morgan fingerprint density at radius 3 is 2.79 bits per heavy atom. The van der Waals surface area contributed by atoms with E-state index in [0.29, 0.717) is 37.3 Å². The molecule has 0 spiro atoms.